The maximum Gasteiger partial charge on any atom is 0.247 e. The van der Waals surface area contributed by atoms with Gasteiger partial charge < -0.3 is 9.80 Å². The third kappa shape index (κ3) is 3.61. The van der Waals surface area contributed by atoms with Crippen molar-refractivity contribution in [3.05, 3.63) is 64.3 Å². The second kappa shape index (κ2) is 8.68. The van der Waals surface area contributed by atoms with E-state index in [-0.39, 0.29) is 11.9 Å². The Morgan fingerprint density at radius 2 is 1.70 bits per heavy atom. The zero-order valence-corrected chi connectivity index (χ0v) is 22.6. The molecule has 1 spiro atoms. The fourth-order valence-corrected chi connectivity index (χ4v) is 5.97. The number of hydrogen-bond acceptors (Lipinski definition) is 6. The highest BCUT2D eigenvalue weighted by Crippen LogP contribution is 2.42. The number of likely N-dealkylation sites (N-methyl/N-ethyl adjacent to an activating group) is 1. The molecule has 0 atom stereocenters. The van der Waals surface area contributed by atoms with Gasteiger partial charge in [-0.25, -0.2) is 4.98 Å². The standard InChI is InChI=1S/C27H27Cl2N7O/c1-16(2)35-15-33(4)26(37)27(35)13-34(14-27)25-22-23(17(3)31-32-25)36(19-11-9-18(28)10-12-19)24(30-22)20-7-5-6-8-21(20)29/h5-12,16H,13-15H2,1-4H3. The fraction of sp³-hybridized carbons (Fsp3) is 0.333. The summed E-state index contributed by atoms with van der Waals surface area (Å²) in [5.41, 5.74) is 3.46. The van der Waals surface area contributed by atoms with Crippen molar-refractivity contribution in [2.75, 3.05) is 31.7 Å². The van der Waals surface area contributed by atoms with Crippen LogP contribution in [0.4, 0.5) is 5.82 Å². The van der Waals surface area contributed by atoms with Crippen LogP contribution in [0.1, 0.15) is 19.5 Å². The highest BCUT2D eigenvalue weighted by molar-refractivity contribution is 6.33. The topological polar surface area (TPSA) is 70.4 Å². The summed E-state index contributed by atoms with van der Waals surface area (Å²) < 4.78 is 2.06. The van der Waals surface area contributed by atoms with Crippen LogP contribution in [0.3, 0.4) is 0 Å². The van der Waals surface area contributed by atoms with Gasteiger partial charge in [-0.2, -0.15) is 5.10 Å². The molecule has 0 bridgehead atoms. The van der Waals surface area contributed by atoms with Gasteiger partial charge in [0.15, 0.2) is 5.82 Å². The zero-order valence-electron chi connectivity index (χ0n) is 21.1. The molecule has 2 aliphatic heterocycles. The quantitative estimate of drug-likeness (QED) is 0.374. The molecule has 0 N–H and O–H groups in total. The Morgan fingerprint density at radius 3 is 2.38 bits per heavy atom. The van der Waals surface area contributed by atoms with Crippen LogP contribution >= 0.6 is 23.2 Å². The first-order chi connectivity index (χ1) is 17.7. The summed E-state index contributed by atoms with van der Waals surface area (Å²) in [6.45, 7) is 7.89. The molecule has 2 aromatic heterocycles. The average molecular weight is 536 g/mol. The van der Waals surface area contributed by atoms with Gasteiger partial charge in [0.1, 0.15) is 22.4 Å². The monoisotopic (exact) mass is 535 g/mol. The molecule has 2 fully saturated rings. The van der Waals surface area contributed by atoms with E-state index in [0.717, 1.165) is 28.0 Å². The lowest BCUT2D eigenvalue weighted by molar-refractivity contribution is -0.134. The molecule has 2 aliphatic rings. The number of carbonyl (C=O) groups is 1. The van der Waals surface area contributed by atoms with Gasteiger partial charge in [-0.15, -0.1) is 5.10 Å². The number of imidazole rings is 1. The molecule has 37 heavy (non-hydrogen) atoms. The Kier molecular flexibility index (Phi) is 5.67. The fourth-order valence-electron chi connectivity index (χ4n) is 5.62. The molecule has 2 aromatic carbocycles. The number of benzene rings is 2. The van der Waals surface area contributed by atoms with E-state index < -0.39 is 5.54 Å². The van der Waals surface area contributed by atoms with Crippen molar-refractivity contribution in [3.63, 3.8) is 0 Å². The summed E-state index contributed by atoms with van der Waals surface area (Å²) in [7, 11) is 1.86. The van der Waals surface area contributed by atoms with E-state index in [4.69, 9.17) is 28.2 Å². The number of halogens is 2. The molecule has 1 amide bonds. The summed E-state index contributed by atoms with van der Waals surface area (Å²) >= 11 is 12.8. The van der Waals surface area contributed by atoms with Crippen LogP contribution in [0, 0.1) is 6.92 Å². The second-order valence-corrected chi connectivity index (χ2v) is 11.0. The first-order valence-electron chi connectivity index (χ1n) is 12.2. The maximum absolute atomic E-state index is 13.2. The van der Waals surface area contributed by atoms with Crippen LogP contribution in [0.5, 0.6) is 0 Å². The molecule has 0 aliphatic carbocycles. The van der Waals surface area contributed by atoms with E-state index in [1.807, 2.05) is 62.5 Å². The van der Waals surface area contributed by atoms with Crippen LogP contribution < -0.4 is 4.90 Å². The Labute approximate surface area is 225 Å². The minimum atomic E-state index is -0.549. The molecule has 4 heterocycles. The van der Waals surface area contributed by atoms with E-state index in [9.17, 15) is 4.79 Å². The Morgan fingerprint density at radius 1 is 1.00 bits per heavy atom. The van der Waals surface area contributed by atoms with Crippen molar-refractivity contribution in [2.24, 2.45) is 0 Å². The zero-order chi connectivity index (χ0) is 26.1. The van der Waals surface area contributed by atoms with E-state index in [1.165, 1.54) is 0 Å². The first kappa shape index (κ1) is 24.2. The molecule has 0 unspecified atom stereocenters. The van der Waals surface area contributed by atoms with E-state index in [1.54, 1.807) is 4.90 Å². The number of fused-ring (bicyclic) bond motifs is 1. The van der Waals surface area contributed by atoms with Gasteiger partial charge in [-0.1, -0.05) is 35.3 Å². The van der Waals surface area contributed by atoms with E-state index in [0.29, 0.717) is 41.4 Å². The lowest BCUT2D eigenvalue weighted by atomic mass is 9.87. The van der Waals surface area contributed by atoms with Gasteiger partial charge >= 0.3 is 0 Å². The molecule has 8 nitrogen and oxygen atoms in total. The number of amides is 1. The molecule has 0 radical (unpaired) electrons. The van der Waals surface area contributed by atoms with Crippen molar-refractivity contribution < 1.29 is 4.79 Å². The van der Waals surface area contributed by atoms with Gasteiger partial charge in [-0.3, -0.25) is 14.3 Å². The van der Waals surface area contributed by atoms with Gasteiger partial charge in [0.2, 0.25) is 5.91 Å². The number of anilines is 1. The normalized spacial score (nSPS) is 17.4. The molecule has 190 valence electrons. The molecule has 4 aromatic rings. The highest BCUT2D eigenvalue weighted by Gasteiger charge is 2.60. The minimum absolute atomic E-state index is 0.150. The number of rotatable bonds is 4. The molecular formula is C27H27Cl2N7O. The number of hydrogen-bond donors (Lipinski definition) is 0. The van der Waals surface area contributed by atoms with Gasteiger partial charge in [0, 0.05) is 42.5 Å². The molecular weight excluding hydrogens is 509 g/mol. The minimum Gasteiger partial charge on any atom is -0.348 e. The van der Waals surface area contributed by atoms with E-state index in [2.05, 4.69) is 38.4 Å². The van der Waals surface area contributed by atoms with Crippen molar-refractivity contribution in [1.82, 2.24) is 29.5 Å². The van der Waals surface area contributed by atoms with Gasteiger partial charge in [0.25, 0.3) is 0 Å². The number of aryl methyl sites for hydroxylation is 1. The maximum atomic E-state index is 13.2. The van der Waals surface area contributed by atoms with Crippen LogP contribution in [0.15, 0.2) is 48.5 Å². The first-order valence-corrected chi connectivity index (χ1v) is 13.0. The van der Waals surface area contributed by atoms with Crippen molar-refractivity contribution >= 4 is 46.0 Å². The molecule has 0 saturated carbocycles. The van der Waals surface area contributed by atoms with Crippen molar-refractivity contribution in [1.29, 1.82) is 0 Å². The molecule has 10 heteroatoms. The van der Waals surface area contributed by atoms with Gasteiger partial charge in [-0.05, 0) is 57.2 Å². The van der Waals surface area contributed by atoms with E-state index >= 15 is 0 Å². The van der Waals surface area contributed by atoms with Crippen LogP contribution in [0.25, 0.3) is 28.1 Å². The third-order valence-corrected chi connectivity index (χ3v) is 7.99. The lowest BCUT2D eigenvalue weighted by Crippen LogP contribution is -2.72. The summed E-state index contributed by atoms with van der Waals surface area (Å²) in [4.78, 5) is 24.5. The van der Waals surface area contributed by atoms with Gasteiger partial charge in [0.05, 0.1) is 17.4 Å². The third-order valence-electron chi connectivity index (χ3n) is 7.41. The second-order valence-electron chi connectivity index (χ2n) is 10.1. The van der Waals surface area contributed by atoms with Crippen LogP contribution in [-0.2, 0) is 4.79 Å². The molecule has 6 rings (SSSR count). The van der Waals surface area contributed by atoms with Crippen molar-refractivity contribution in [2.45, 2.75) is 32.4 Å². The summed E-state index contributed by atoms with van der Waals surface area (Å²) in [6.07, 6.45) is 0. The predicted molar refractivity (Wildman–Crippen MR) is 146 cm³/mol. The summed E-state index contributed by atoms with van der Waals surface area (Å²) in [5, 5.41) is 10.4. The van der Waals surface area contributed by atoms with Crippen molar-refractivity contribution in [3.8, 4) is 17.1 Å². The number of nitrogens with zero attached hydrogens (tertiary/aromatic N) is 7. The lowest BCUT2D eigenvalue weighted by Gasteiger charge is -2.51. The Bertz CT molecular complexity index is 1530. The molecule has 2 saturated heterocycles. The Hall–Kier alpha value is -3.20. The highest BCUT2D eigenvalue weighted by atomic mass is 35.5. The smallest absolute Gasteiger partial charge is 0.247 e. The SMILES string of the molecule is Cc1nnc(N2CC3(C2)C(=O)N(C)CN3C(C)C)c2nc(-c3ccccc3Cl)n(-c3ccc(Cl)cc3)c12. The largest absolute Gasteiger partial charge is 0.348 e. The van der Waals surface area contributed by atoms with Crippen LogP contribution in [0.2, 0.25) is 10.0 Å². The summed E-state index contributed by atoms with van der Waals surface area (Å²) in [6, 6.07) is 15.5. The number of aromatic nitrogens is 4. The predicted octanol–water partition coefficient (Wildman–Crippen LogP) is 4.80. The Balaban J connectivity index is 1.52. The summed E-state index contributed by atoms with van der Waals surface area (Å²) in [5.74, 6) is 1.51. The number of carbonyl (C=O) groups excluding carboxylic acids is 1. The van der Waals surface area contributed by atoms with Crippen LogP contribution in [-0.4, -0.2) is 73.8 Å². The average Bonchev–Trinajstić information content (AvgIpc) is 3.37.